The van der Waals surface area contributed by atoms with Gasteiger partial charge in [0.2, 0.25) is 0 Å². The van der Waals surface area contributed by atoms with Crippen LogP contribution in [0.5, 0.6) is 0 Å². The second-order valence-electron chi connectivity index (χ2n) is 14.8. The molecule has 0 saturated heterocycles. The minimum Gasteiger partial charge on any atom is -0.480 e. The Morgan fingerprint density at radius 1 is 0.556 bits per heavy atom. The summed E-state index contributed by atoms with van der Waals surface area (Å²) < 4.78 is 32.7. The van der Waals surface area contributed by atoms with E-state index < -0.39 is 51.1 Å². The van der Waals surface area contributed by atoms with E-state index in [1.165, 1.54) is 109 Å². The van der Waals surface area contributed by atoms with E-state index in [2.05, 4.69) is 30.5 Å². The van der Waals surface area contributed by atoms with Crippen molar-refractivity contribution in [2.45, 2.75) is 219 Å². The highest BCUT2D eigenvalue weighted by atomic mass is 31.2. The Hall–Kier alpha value is -1.78. The predicted octanol–water partition coefficient (Wildman–Crippen LogP) is 11.3. The van der Waals surface area contributed by atoms with Crippen LogP contribution in [-0.4, -0.2) is 59.9 Å². The molecule has 4 N–H and O–H groups in total. The molecule has 54 heavy (non-hydrogen) atoms. The summed E-state index contributed by atoms with van der Waals surface area (Å²) in [4.78, 5) is 45.9. The lowest BCUT2D eigenvalue weighted by Gasteiger charge is -2.20. The van der Waals surface area contributed by atoms with Gasteiger partial charge in [0.05, 0.1) is 13.2 Å². The van der Waals surface area contributed by atoms with Gasteiger partial charge in [-0.25, -0.2) is 4.57 Å². The molecular formula is C42H80NO10P. The van der Waals surface area contributed by atoms with Gasteiger partial charge in [-0.2, -0.15) is 0 Å². The van der Waals surface area contributed by atoms with Gasteiger partial charge in [-0.15, -0.1) is 0 Å². The van der Waals surface area contributed by atoms with E-state index in [0.29, 0.717) is 12.8 Å². The number of phosphoric acid groups is 1. The second-order valence-corrected chi connectivity index (χ2v) is 16.3. The van der Waals surface area contributed by atoms with Gasteiger partial charge in [-0.05, 0) is 38.5 Å². The maximum Gasteiger partial charge on any atom is 0.472 e. The van der Waals surface area contributed by atoms with Crippen LogP contribution in [0.25, 0.3) is 0 Å². The van der Waals surface area contributed by atoms with E-state index in [0.717, 1.165) is 57.8 Å². The Morgan fingerprint density at radius 3 is 1.35 bits per heavy atom. The standard InChI is InChI=1S/C42H80NO10P/c1-3-5-7-9-11-13-15-17-19-21-23-25-27-29-31-33-40(44)50-35-38(36-51-54(48,49)52-37-39(43)42(46)47)53-41(45)34-32-30-28-26-24-22-20-18-16-14-12-10-8-6-4-2/h18,20,38-39H,3-17,19,21-37,43H2,1-2H3,(H,46,47)(H,48,49)/b20-18-/t38?,39-/m0/s1. The Kier molecular flexibility index (Phi) is 36.9. The number of nitrogens with two attached hydrogens (primary N) is 1. The van der Waals surface area contributed by atoms with Crippen molar-refractivity contribution in [1.82, 2.24) is 0 Å². The maximum absolute atomic E-state index is 12.6. The Labute approximate surface area is 328 Å². The van der Waals surface area contributed by atoms with Crippen LogP contribution >= 0.6 is 7.82 Å². The lowest BCUT2D eigenvalue weighted by Crippen LogP contribution is -2.34. The maximum atomic E-state index is 12.6. The number of allylic oxidation sites excluding steroid dienone is 2. The molecule has 0 bridgehead atoms. The molecule has 0 aromatic heterocycles. The van der Waals surface area contributed by atoms with Gasteiger partial charge >= 0.3 is 25.7 Å². The fourth-order valence-electron chi connectivity index (χ4n) is 6.06. The zero-order valence-corrected chi connectivity index (χ0v) is 35.2. The van der Waals surface area contributed by atoms with Crippen molar-refractivity contribution in [3.63, 3.8) is 0 Å². The summed E-state index contributed by atoms with van der Waals surface area (Å²) in [7, 11) is -4.71. The summed E-state index contributed by atoms with van der Waals surface area (Å²) in [5.74, 6) is -2.38. The number of rotatable bonds is 41. The van der Waals surface area contributed by atoms with Crippen molar-refractivity contribution >= 4 is 25.7 Å². The van der Waals surface area contributed by atoms with E-state index in [1.54, 1.807) is 0 Å². The van der Waals surface area contributed by atoms with Gasteiger partial charge < -0.3 is 25.2 Å². The lowest BCUT2D eigenvalue weighted by atomic mass is 10.0. The summed E-state index contributed by atoms with van der Waals surface area (Å²) in [5.41, 5.74) is 5.33. The fraction of sp³-hybridized carbons (Fsp3) is 0.881. The number of carbonyl (C=O) groups is 3. The van der Waals surface area contributed by atoms with E-state index in [4.69, 9.17) is 24.8 Å². The number of hydrogen-bond acceptors (Lipinski definition) is 9. The molecule has 0 aliphatic heterocycles. The predicted molar refractivity (Wildman–Crippen MR) is 217 cm³/mol. The van der Waals surface area contributed by atoms with Gasteiger partial charge in [-0.3, -0.25) is 23.4 Å². The summed E-state index contributed by atoms with van der Waals surface area (Å²) >= 11 is 0. The first-order valence-corrected chi connectivity index (χ1v) is 23.2. The highest BCUT2D eigenvalue weighted by Crippen LogP contribution is 2.43. The van der Waals surface area contributed by atoms with Crippen molar-refractivity contribution in [3.05, 3.63) is 12.2 Å². The van der Waals surface area contributed by atoms with Crippen molar-refractivity contribution < 1.29 is 47.5 Å². The third-order valence-electron chi connectivity index (χ3n) is 9.51. The number of carboxylic acid groups (broad SMARTS) is 1. The van der Waals surface area contributed by atoms with E-state index >= 15 is 0 Å². The molecule has 0 radical (unpaired) electrons. The number of hydrogen-bond donors (Lipinski definition) is 3. The van der Waals surface area contributed by atoms with Crippen LogP contribution in [0.15, 0.2) is 12.2 Å². The number of aliphatic carboxylic acids is 1. The first kappa shape index (κ1) is 52.2. The molecule has 0 aromatic rings. The smallest absolute Gasteiger partial charge is 0.472 e. The molecule has 11 nitrogen and oxygen atoms in total. The number of carbonyl (C=O) groups excluding carboxylic acids is 2. The summed E-state index contributed by atoms with van der Waals surface area (Å²) in [5, 5.41) is 8.88. The molecule has 0 rings (SSSR count). The molecular weight excluding hydrogens is 709 g/mol. The third-order valence-corrected chi connectivity index (χ3v) is 10.5. The molecule has 0 aliphatic carbocycles. The van der Waals surface area contributed by atoms with Gasteiger partial charge in [0, 0.05) is 12.8 Å². The average molecular weight is 790 g/mol. The SMILES string of the molecule is CCCCCCCC/C=C\CCCCCCCC(=O)OC(COC(=O)CCCCCCCCCCCCCCCCC)COP(=O)(O)OC[C@H](N)C(=O)O. The Balaban J connectivity index is 4.35. The summed E-state index contributed by atoms with van der Waals surface area (Å²) in [6.45, 7) is 2.81. The molecule has 0 amide bonds. The van der Waals surface area contributed by atoms with E-state index in [-0.39, 0.29) is 19.4 Å². The quantitative estimate of drug-likeness (QED) is 0.0233. The number of carboxylic acids is 1. The third kappa shape index (κ3) is 37.2. The number of esters is 2. The minimum absolute atomic E-state index is 0.155. The van der Waals surface area contributed by atoms with Gasteiger partial charge in [0.1, 0.15) is 12.6 Å². The Morgan fingerprint density at radius 2 is 0.926 bits per heavy atom. The van der Waals surface area contributed by atoms with Crippen molar-refractivity contribution in [2.75, 3.05) is 19.8 Å². The molecule has 318 valence electrons. The van der Waals surface area contributed by atoms with Crippen molar-refractivity contribution in [2.24, 2.45) is 5.73 Å². The number of phosphoric ester groups is 1. The second kappa shape index (κ2) is 38.1. The van der Waals surface area contributed by atoms with Gasteiger partial charge in [0.15, 0.2) is 6.10 Å². The highest BCUT2D eigenvalue weighted by Gasteiger charge is 2.28. The molecule has 12 heteroatoms. The zero-order valence-electron chi connectivity index (χ0n) is 34.3. The van der Waals surface area contributed by atoms with Crippen LogP contribution < -0.4 is 5.73 Å². The van der Waals surface area contributed by atoms with Crippen LogP contribution in [0.2, 0.25) is 0 Å². The largest absolute Gasteiger partial charge is 0.480 e. The van der Waals surface area contributed by atoms with Crippen LogP contribution in [0.4, 0.5) is 0 Å². The van der Waals surface area contributed by atoms with Gasteiger partial charge in [0.25, 0.3) is 0 Å². The van der Waals surface area contributed by atoms with Crippen LogP contribution in [0.1, 0.15) is 206 Å². The molecule has 3 atom stereocenters. The first-order chi connectivity index (χ1) is 26.1. The first-order valence-electron chi connectivity index (χ1n) is 21.7. The van der Waals surface area contributed by atoms with Crippen LogP contribution in [0, 0.1) is 0 Å². The molecule has 0 heterocycles. The van der Waals surface area contributed by atoms with Gasteiger partial charge in [-0.1, -0.05) is 167 Å². The van der Waals surface area contributed by atoms with E-state index in [1.807, 2.05) is 0 Å². The molecule has 0 saturated carbocycles. The number of unbranched alkanes of at least 4 members (excludes halogenated alkanes) is 25. The topological polar surface area (TPSA) is 172 Å². The minimum atomic E-state index is -4.71. The van der Waals surface area contributed by atoms with Crippen LogP contribution in [0.3, 0.4) is 0 Å². The molecule has 2 unspecified atom stereocenters. The average Bonchev–Trinajstić information content (AvgIpc) is 3.14. The number of ether oxygens (including phenoxy) is 2. The highest BCUT2D eigenvalue weighted by molar-refractivity contribution is 7.47. The summed E-state index contributed by atoms with van der Waals surface area (Å²) in [6.07, 6.45) is 37.0. The van der Waals surface area contributed by atoms with Crippen molar-refractivity contribution in [1.29, 1.82) is 0 Å². The molecule has 0 aromatic carbocycles. The fourth-order valence-corrected chi connectivity index (χ4v) is 6.84. The summed E-state index contributed by atoms with van der Waals surface area (Å²) in [6, 6.07) is -1.52. The molecule has 0 spiro atoms. The van der Waals surface area contributed by atoms with Crippen LogP contribution in [-0.2, 0) is 37.5 Å². The molecule has 0 fully saturated rings. The monoisotopic (exact) mass is 790 g/mol. The lowest BCUT2D eigenvalue weighted by molar-refractivity contribution is -0.161. The molecule has 0 aliphatic rings. The van der Waals surface area contributed by atoms with E-state index in [9.17, 15) is 23.8 Å². The normalized spacial score (nSPS) is 13.9. The Bertz CT molecular complexity index is 979. The zero-order chi connectivity index (χ0) is 40.0. The van der Waals surface area contributed by atoms with Crippen molar-refractivity contribution in [3.8, 4) is 0 Å².